The van der Waals surface area contributed by atoms with Crippen LogP contribution in [0.25, 0.3) is 11.1 Å². The molecule has 2 aliphatic carbocycles. The van der Waals surface area contributed by atoms with Gasteiger partial charge in [0.25, 0.3) is 0 Å². The monoisotopic (exact) mass is 414 g/mol. The molecule has 4 rings (SSSR count). The molecule has 3 heteroatoms. The van der Waals surface area contributed by atoms with Crippen LogP contribution in [-0.2, 0) is 6.42 Å². The van der Waals surface area contributed by atoms with Crippen molar-refractivity contribution in [1.82, 2.24) is 0 Å². The van der Waals surface area contributed by atoms with Gasteiger partial charge in [0.2, 0.25) is 0 Å². The van der Waals surface area contributed by atoms with Crippen molar-refractivity contribution >= 4 is 0 Å². The van der Waals surface area contributed by atoms with E-state index in [4.69, 9.17) is 0 Å². The Bertz CT molecular complexity index is 818. The van der Waals surface area contributed by atoms with Crippen LogP contribution in [0.4, 0.5) is 13.2 Å². The Kier molecular flexibility index (Phi) is 6.55. The smallest absolute Gasteiger partial charge is 0.194 e. The Labute approximate surface area is 178 Å². The minimum atomic E-state index is -1.41. The predicted octanol–water partition coefficient (Wildman–Crippen LogP) is 8.48. The first-order valence-corrected chi connectivity index (χ1v) is 11.7. The highest BCUT2D eigenvalue weighted by Gasteiger charge is 2.40. The second kappa shape index (κ2) is 9.16. The van der Waals surface area contributed by atoms with Gasteiger partial charge in [0.05, 0.1) is 0 Å². The highest BCUT2D eigenvalue weighted by molar-refractivity contribution is 5.63. The van der Waals surface area contributed by atoms with Gasteiger partial charge < -0.3 is 0 Å². The Morgan fingerprint density at radius 2 is 1.40 bits per heavy atom. The highest BCUT2D eigenvalue weighted by Crippen LogP contribution is 2.52. The predicted molar refractivity (Wildman–Crippen MR) is 117 cm³/mol. The molecule has 2 aliphatic rings. The molecular formula is C27H33F3. The van der Waals surface area contributed by atoms with Gasteiger partial charge >= 0.3 is 0 Å². The molecule has 0 aliphatic heterocycles. The number of benzene rings is 2. The van der Waals surface area contributed by atoms with E-state index in [-0.39, 0.29) is 0 Å². The fourth-order valence-corrected chi connectivity index (χ4v) is 5.89. The van der Waals surface area contributed by atoms with Crippen molar-refractivity contribution in [3.05, 3.63) is 59.4 Å². The SMILES string of the molecule is C[C@H]1CC[C@](CCc2ccc(-c3cc(F)c(F)c(F)c3)cc2)(C2CCCCC2)CC1. The topological polar surface area (TPSA) is 0 Å². The maximum Gasteiger partial charge on any atom is 0.194 e. The van der Waals surface area contributed by atoms with Gasteiger partial charge in [0.15, 0.2) is 17.5 Å². The van der Waals surface area contributed by atoms with Crippen LogP contribution in [0, 0.1) is 34.7 Å². The summed E-state index contributed by atoms with van der Waals surface area (Å²) in [7, 11) is 0. The maximum atomic E-state index is 13.6. The normalized spacial score (nSPS) is 25.4. The fraction of sp³-hybridized carbons (Fsp3) is 0.556. The van der Waals surface area contributed by atoms with E-state index in [0.717, 1.165) is 30.4 Å². The van der Waals surface area contributed by atoms with E-state index in [9.17, 15) is 13.2 Å². The van der Waals surface area contributed by atoms with Crippen molar-refractivity contribution in [2.24, 2.45) is 17.3 Å². The van der Waals surface area contributed by atoms with Crippen molar-refractivity contribution in [3.8, 4) is 11.1 Å². The molecular weight excluding hydrogens is 381 g/mol. The van der Waals surface area contributed by atoms with Crippen molar-refractivity contribution < 1.29 is 13.2 Å². The number of rotatable bonds is 5. The summed E-state index contributed by atoms with van der Waals surface area (Å²) in [5, 5.41) is 0. The van der Waals surface area contributed by atoms with E-state index >= 15 is 0 Å². The first kappa shape index (κ1) is 21.5. The zero-order valence-electron chi connectivity index (χ0n) is 18.0. The third kappa shape index (κ3) is 4.60. The fourth-order valence-electron chi connectivity index (χ4n) is 5.89. The standard InChI is InChI=1S/C27H33F3/c1-19-11-14-27(15-12-19,23-5-3-2-4-6-23)16-13-20-7-9-21(10-8-20)22-17-24(28)26(30)25(29)18-22/h7-10,17-19,23H,2-6,11-16H2,1H3/t19-,27-. The molecule has 0 atom stereocenters. The summed E-state index contributed by atoms with van der Waals surface area (Å²) in [6.45, 7) is 2.39. The molecule has 2 aromatic rings. The van der Waals surface area contributed by atoms with Crippen LogP contribution in [0.3, 0.4) is 0 Å². The minimum absolute atomic E-state index is 0.373. The number of hydrogen-bond acceptors (Lipinski definition) is 0. The first-order valence-electron chi connectivity index (χ1n) is 11.7. The molecule has 2 aromatic carbocycles. The lowest BCUT2D eigenvalue weighted by atomic mass is 9.58. The van der Waals surface area contributed by atoms with Crippen LogP contribution in [0.2, 0.25) is 0 Å². The summed E-state index contributed by atoms with van der Waals surface area (Å²) >= 11 is 0. The summed E-state index contributed by atoms with van der Waals surface area (Å²) in [6, 6.07) is 10.1. The summed E-state index contributed by atoms with van der Waals surface area (Å²) < 4.78 is 40.4. The van der Waals surface area contributed by atoms with E-state index in [1.54, 1.807) is 0 Å². The van der Waals surface area contributed by atoms with Gasteiger partial charge in [-0.1, -0.05) is 63.3 Å². The molecule has 2 saturated carbocycles. The Morgan fingerprint density at radius 1 is 0.800 bits per heavy atom. The average molecular weight is 415 g/mol. The molecule has 0 unspecified atom stereocenters. The van der Waals surface area contributed by atoms with E-state index in [2.05, 4.69) is 19.1 Å². The maximum absolute atomic E-state index is 13.6. The van der Waals surface area contributed by atoms with Gasteiger partial charge in [-0.25, -0.2) is 13.2 Å². The Hall–Kier alpha value is -1.77. The second-order valence-electron chi connectivity index (χ2n) is 9.83. The van der Waals surface area contributed by atoms with Gasteiger partial charge in [-0.2, -0.15) is 0 Å². The molecule has 0 radical (unpaired) electrons. The zero-order chi connectivity index (χ0) is 21.1. The quantitative estimate of drug-likeness (QED) is 0.430. The zero-order valence-corrected chi connectivity index (χ0v) is 18.0. The van der Waals surface area contributed by atoms with Crippen LogP contribution < -0.4 is 0 Å². The minimum Gasteiger partial charge on any atom is -0.204 e. The van der Waals surface area contributed by atoms with Gasteiger partial charge in [-0.15, -0.1) is 0 Å². The molecule has 0 spiro atoms. The first-order chi connectivity index (χ1) is 14.5. The average Bonchev–Trinajstić information content (AvgIpc) is 2.78. The van der Waals surface area contributed by atoms with Crippen LogP contribution in [0.5, 0.6) is 0 Å². The largest absolute Gasteiger partial charge is 0.204 e. The van der Waals surface area contributed by atoms with Crippen LogP contribution >= 0.6 is 0 Å². The van der Waals surface area contributed by atoms with Gasteiger partial charge in [-0.05, 0) is 84.6 Å². The molecule has 2 fully saturated rings. The van der Waals surface area contributed by atoms with Crippen LogP contribution in [0.1, 0.15) is 76.7 Å². The van der Waals surface area contributed by atoms with E-state index in [0.29, 0.717) is 16.5 Å². The highest BCUT2D eigenvalue weighted by atomic mass is 19.2. The van der Waals surface area contributed by atoms with Crippen molar-refractivity contribution in [3.63, 3.8) is 0 Å². The lowest BCUT2D eigenvalue weighted by Crippen LogP contribution is -2.36. The van der Waals surface area contributed by atoms with Gasteiger partial charge in [0, 0.05) is 0 Å². The summed E-state index contributed by atoms with van der Waals surface area (Å²) in [5.41, 5.74) is 2.85. The van der Waals surface area contributed by atoms with E-state index < -0.39 is 17.5 Å². The second-order valence-corrected chi connectivity index (χ2v) is 9.83. The molecule has 0 heterocycles. The Morgan fingerprint density at radius 3 is 2.00 bits per heavy atom. The van der Waals surface area contributed by atoms with Crippen LogP contribution in [0.15, 0.2) is 36.4 Å². The summed E-state index contributed by atoms with van der Waals surface area (Å²) in [4.78, 5) is 0. The molecule has 0 bridgehead atoms. The van der Waals surface area contributed by atoms with Gasteiger partial charge in [-0.3, -0.25) is 0 Å². The molecule has 0 nitrogen and oxygen atoms in total. The Balaban J connectivity index is 1.47. The van der Waals surface area contributed by atoms with Crippen molar-refractivity contribution in [1.29, 1.82) is 0 Å². The number of halogens is 3. The molecule has 162 valence electrons. The third-order valence-electron chi connectivity index (χ3n) is 7.92. The molecule has 0 saturated heterocycles. The molecule has 0 aromatic heterocycles. The van der Waals surface area contributed by atoms with E-state index in [1.807, 2.05) is 12.1 Å². The van der Waals surface area contributed by atoms with Gasteiger partial charge in [0.1, 0.15) is 0 Å². The third-order valence-corrected chi connectivity index (χ3v) is 7.92. The molecule has 0 amide bonds. The van der Waals surface area contributed by atoms with Crippen molar-refractivity contribution in [2.45, 2.75) is 77.6 Å². The lowest BCUT2D eigenvalue weighted by Gasteiger charge is -2.47. The summed E-state index contributed by atoms with van der Waals surface area (Å²) in [5.74, 6) is -1.96. The molecule has 30 heavy (non-hydrogen) atoms. The lowest BCUT2D eigenvalue weighted by molar-refractivity contribution is 0.0429. The van der Waals surface area contributed by atoms with Crippen molar-refractivity contribution in [2.75, 3.05) is 0 Å². The number of aryl methyl sites for hydroxylation is 1. The van der Waals surface area contributed by atoms with E-state index in [1.165, 1.54) is 69.8 Å². The van der Waals surface area contributed by atoms with Crippen LogP contribution in [-0.4, -0.2) is 0 Å². The number of hydrogen-bond donors (Lipinski definition) is 0. The molecule has 0 N–H and O–H groups in total. The summed E-state index contributed by atoms with van der Waals surface area (Å²) in [6.07, 6.45) is 14.7.